The first kappa shape index (κ1) is 19.4. The number of hydrogen-bond acceptors (Lipinski definition) is 6. The van der Waals surface area contributed by atoms with E-state index in [4.69, 9.17) is 0 Å². The van der Waals surface area contributed by atoms with Crippen LogP contribution in [0.4, 0.5) is 17.8 Å². The molecular formula is C24H24N6. The maximum absolute atomic E-state index is 4.53. The van der Waals surface area contributed by atoms with Crippen LogP contribution in [0.5, 0.6) is 0 Å². The van der Waals surface area contributed by atoms with Crippen LogP contribution in [0.1, 0.15) is 16.7 Å². The molecular weight excluding hydrogens is 372 g/mol. The van der Waals surface area contributed by atoms with Crippen LogP contribution >= 0.6 is 0 Å². The Morgan fingerprint density at radius 3 is 0.933 bits per heavy atom. The number of aromatic nitrogens is 3. The minimum Gasteiger partial charge on any atom is -0.350 e. The van der Waals surface area contributed by atoms with Crippen LogP contribution in [-0.4, -0.2) is 15.0 Å². The summed E-state index contributed by atoms with van der Waals surface area (Å²) in [4.78, 5) is 13.6. The molecule has 0 atom stereocenters. The second kappa shape index (κ2) is 10.0. The van der Waals surface area contributed by atoms with Gasteiger partial charge in [0.15, 0.2) is 0 Å². The summed E-state index contributed by atoms with van der Waals surface area (Å²) < 4.78 is 0. The monoisotopic (exact) mass is 396 g/mol. The van der Waals surface area contributed by atoms with Crippen LogP contribution in [0.2, 0.25) is 0 Å². The van der Waals surface area contributed by atoms with Crippen LogP contribution in [0, 0.1) is 0 Å². The van der Waals surface area contributed by atoms with Crippen molar-refractivity contribution in [2.75, 3.05) is 16.0 Å². The fourth-order valence-electron chi connectivity index (χ4n) is 2.94. The maximum Gasteiger partial charge on any atom is 0.229 e. The molecule has 3 N–H and O–H groups in total. The highest BCUT2D eigenvalue weighted by molar-refractivity contribution is 5.43. The lowest BCUT2D eigenvalue weighted by atomic mass is 10.2. The normalized spacial score (nSPS) is 10.4. The average Bonchev–Trinajstić information content (AvgIpc) is 2.82. The van der Waals surface area contributed by atoms with Gasteiger partial charge >= 0.3 is 0 Å². The van der Waals surface area contributed by atoms with Crippen molar-refractivity contribution < 1.29 is 0 Å². The lowest BCUT2D eigenvalue weighted by Gasteiger charge is -2.12. The van der Waals surface area contributed by atoms with Gasteiger partial charge in [0.2, 0.25) is 17.8 Å². The molecule has 3 aromatic carbocycles. The third-order valence-electron chi connectivity index (χ3n) is 4.52. The van der Waals surface area contributed by atoms with Gasteiger partial charge in [-0.2, -0.15) is 15.0 Å². The van der Waals surface area contributed by atoms with Crippen molar-refractivity contribution in [3.05, 3.63) is 108 Å². The molecule has 0 saturated heterocycles. The molecule has 0 fully saturated rings. The zero-order chi connectivity index (χ0) is 20.4. The quantitative estimate of drug-likeness (QED) is 0.381. The van der Waals surface area contributed by atoms with E-state index in [-0.39, 0.29) is 0 Å². The van der Waals surface area contributed by atoms with E-state index in [1.807, 2.05) is 54.6 Å². The van der Waals surface area contributed by atoms with E-state index in [1.54, 1.807) is 0 Å². The summed E-state index contributed by atoms with van der Waals surface area (Å²) in [7, 11) is 0. The third kappa shape index (κ3) is 5.78. The van der Waals surface area contributed by atoms with Gasteiger partial charge in [-0.1, -0.05) is 91.0 Å². The molecule has 6 nitrogen and oxygen atoms in total. The number of hydrogen-bond donors (Lipinski definition) is 3. The number of nitrogens with zero attached hydrogens (tertiary/aromatic N) is 3. The third-order valence-corrected chi connectivity index (χ3v) is 4.52. The number of anilines is 3. The number of rotatable bonds is 9. The molecule has 0 aliphatic heterocycles. The summed E-state index contributed by atoms with van der Waals surface area (Å²) in [5.74, 6) is 1.58. The van der Waals surface area contributed by atoms with Gasteiger partial charge in [-0.25, -0.2) is 0 Å². The molecule has 0 aliphatic carbocycles. The Bertz CT molecular complexity index is 890. The van der Waals surface area contributed by atoms with Crippen LogP contribution in [0.15, 0.2) is 91.0 Å². The Balaban J connectivity index is 1.48. The molecule has 6 heteroatoms. The molecule has 0 radical (unpaired) electrons. The largest absolute Gasteiger partial charge is 0.350 e. The van der Waals surface area contributed by atoms with Gasteiger partial charge < -0.3 is 16.0 Å². The van der Waals surface area contributed by atoms with Gasteiger partial charge in [-0.3, -0.25) is 0 Å². The molecule has 1 heterocycles. The minimum absolute atomic E-state index is 0.528. The highest BCUT2D eigenvalue weighted by atomic mass is 15.3. The van der Waals surface area contributed by atoms with E-state index in [0.29, 0.717) is 37.5 Å². The van der Waals surface area contributed by atoms with Crippen molar-refractivity contribution in [3.8, 4) is 0 Å². The van der Waals surface area contributed by atoms with Gasteiger partial charge in [0, 0.05) is 19.6 Å². The summed E-state index contributed by atoms with van der Waals surface area (Å²) in [6.45, 7) is 1.92. The van der Waals surface area contributed by atoms with Gasteiger partial charge in [0.25, 0.3) is 0 Å². The summed E-state index contributed by atoms with van der Waals surface area (Å²) >= 11 is 0. The van der Waals surface area contributed by atoms with E-state index in [2.05, 4.69) is 67.3 Å². The molecule has 30 heavy (non-hydrogen) atoms. The molecule has 0 spiro atoms. The molecule has 0 aliphatic rings. The topological polar surface area (TPSA) is 74.8 Å². The van der Waals surface area contributed by atoms with E-state index in [0.717, 1.165) is 16.7 Å². The molecule has 4 aromatic rings. The predicted octanol–water partition coefficient (Wildman–Crippen LogP) is 4.71. The van der Waals surface area contributed by atoms with E-state index in [9.17, 15) is 0 Å². The molecule has 4 rings (SSSR count). The first-order valence-corrected chi connectivity index (χ1v) is 9.95. The number of nitrogens with one attached hydrogen (secondary N) is 3. The highest BCUT2D eigenvalue weighted by Crippen LogP contribution is 2.13. The van der Waals surface area contributed by atoms with Crippen molar-refractivity contribution in [1.29, 1.82) is 0 Å². The van der Waals surface area contributed by atoms with Crippen molar-refractivity contribution >= 4 is 17.8 Å². The van der Waals surface area contributed by atoms with Crippen LogP contribution in [-0.2, 0) is 19.6 Å². The smallest absolute Gasteiger partial charge is 0.229 e. The van der Waals surface area contributed by atoms with Crippen molar-refractivity contribution in [1.82, 2.24) is 15.0 Å². The Morgan fingerprint density at radius 1 is 0.400 bits per heavy atom. The van der Waals surface area contributed by atoms with Crippen molar-refractivity contribution in [2.24, 2.45) is 0 Å². The number of benzene rings is 3. The van der Waals surface area contributed by atoms with Crippen LogP contribution in [0.3, 0.4) is 0 Å². The van der Waals surface area contributed by atoms with E-state index < -0.39 is 0 Å². The van der Waals surface area contributed by atoms with Gasteiger partial charge in [0.1, 0.15) is 0 Å². The Morgan fingerprint density at radius 2 is 0.667 bits per heavy atom. The molecule has 1 aromatic heterocycles. The van der Waals surface area contributed by atoms with Crippen LogP contribution < -0.4 is 16.0 Å². The zero-order valence-corrected chi connectivity index (χ0v) is 16.6. The summed E-state index contributed by atoms with van der Waals surface area (Å²) in [6, 6.07) is 30.5. The lowest BCUT2D eigenvalue weighted by Crippen LogP contribution is -2.12. The SMILES string of the molecule is c1ccc(CNc2nc(NCc3ccccc3)nc(NCc3ccccc3)n2)cc1. The summed E-state index contributed by atoms with van der Waals surface area (Å²) in [5.41, 5.74) is 3.49. The molecule has 0 unspecified atom stereocenters. The van der Waals surface area contributed by atoms with Crippen molar-refractivity contribution in [3.63, 3.8) is 0 Å². The fraction of sp³-hybridized carbons (Fsp3) is 0.125. The predicted molar refractivity (Wildman–Crippen MR) is 121 cm³/mol. The first-order chi connectivity index (χ1) is 14.8. The minimum atomic E-state index is 0.528. The Hall–Kier alpha value is -3.93. The fourth-order valence-corrected chi connectivity index (χ4v) is 2.94. The Labute approximate surface area is 176 Å². The lowest BCUT2D eigenvalue weighted by molar-refractivity contribution is 0.961. The molecule has 0 saturated carbocycles. The summed E-state index contributed by atoms with van der Waals surface area (Å²) in [6.07, 6.45) is 0. The average molecular weight is 396 g/mol. The van der Waals surface area contributed by atoms with Gasteiger partial charge in [-0.05, 0) is 16.7 Å². The molecule has 0 amide bonds. The van der Waals surface area contributed by atoms with Crippen LogP contribution in [0.25, 0.3) is 0 Å². The second-order valence-corrected chi connectivity index (χ2v) is 6.82. The van der Waals surface area contributed by atoms with Gasteiger partial charge in [0.05, 0.1) is 0 Å². The highest BCUT2D eigenvalue weighted by Gasteiger charge is 2.07. The van der Waals surface area contributed by atoms with Gasteiger partial charge in [-0.15, -0.1) is 0 Å². The maximum atomic E-state index is 4.53. The standard InChI is InChI=1S/C24H24N6/c1-4-10-19(11-5-1)16-25-22-28-23(26-17-20-12-6-2-7-13-20)30-24(29-22)27-18-21-14-8-3-9-15-21/h1-15H,16-18H2,(H3,25,26,27,28,29,30). The summed E-state index contributed by atoms with van der Waals surface area (Å²) in [5, 5.41) is 9.89. The first-order valence-electron chi connectivity index (χ1n) is 9.95. The molecule has 150 valence electrons. The Kier molecular flexibility index (Phi) is 6.48. The molecule has 0 bridgehead atoms. The second-order valence-electron chi connectivity index (χ2n) is 6.82. The van der Waals surface area contributed by atoms with Crippen molar-refractivity contribution in [2.45, 2.75) is 19.6 Å². The van der Waals surface area contributed by atoms with E-state index in [1.165, 1.54) is 0 Å². The zero-order valence-electron chi connectivity index (χ0n) is 16.6. The van der Waals surface area contributed by atoms with E-state index >= 15 is 0 Å².